The predicted octanol–water partition coefficient (Wildman–Crippen LogP) is 4.26. The molecule has 0 spiro atoms. The Morgan fingerprint density at radius 1 is 0.909 bits per heavy atom. The van der Waals surface area contributed by atoms with Gasteiger partial charge in [0, 0.05) is 67.8 Å². The number of imidazole rings is 1. The fraction of sp³-hybridized carbons (Fsp3) is 0.269. The van der Waals surface area contributed by atoms with Gasteiger partial charge in [-0.25, -0.2) is 15.0 Å². The summed E-state index contributed by atoms with van der Waals surface area (Å²) < 4.78 is 2.03. The van der Waals surface area contributed by atoms with Crippen molar-refractivity contribution >= 4 is 28.1 Å². The average molecular weight is 440 g/mol. The van der Waals surface area contributed by atoms with Gasteiger partial charge in [0.25, 0.3) is 0 Å². The molecule has 4 aromatic rings. The van der Waals surface area contributed by atoms with Crippen molar-refractivity contribution in [2.45, 2.75) is 6.92 Å². The third-order valence-corrected chi connectivity index (χ3v) is 6.27. The van der Waals surface area contributed by atoms with Gasteiger partial charge >= 0.3 is 0 Å². The molecular weight excluding hydrogens is 410 g/mol. The number of hydrogen-bond acceptors (Lipinski definition) is 6. The lowest BCUT2D eigenvalue weighted by molar-refractivity contribution is 0.312. The molecule has 7 nitrogen and oxygen atoms in total. The van der Waals surface area contributed by atoms with Crippen molar-refractivity contribution in [3.8, 4) is 11.3 Å². The lowest BCUT2D eigenvalue weighted by Crippen LogP contribution is -2.44. The first-order chi connectivity index (χ1) is 16.1. The number of piperazine rings is 1. The van der Waals surface area contributed by atoms with E-state index in [1.807, 2.05) is 43.5 Å². The number of aromatic nitrogens is 4. The number of pyridine rings is 2. The van der Waals surface area contributed by atoms with Crippen LogP contribution in [0, 0.1) is 0 Å². The second-order valence-electron chi connectivity index (χ2n) is 8.54. The van der Waals surface area contributed by atoms with Gasteiger partial charge in [0.1, 0.15) is 11.6 Å². The summed E-state index contributed by atoms with van der Waals surface area (Å²) in [7, 11) is 4.17. The monoisotopic (exact) mass is 439 g/mol. The fourth-order valence-corrected chi connectivity index (χ4v) is 4.22. The molecule has 7 heteroatoms. The zero-order chi connectivity index (χ0) is 22.8. The van der Waals surface area contributed by atoms with Crippen LogP contribution in [0.15, 0.2) is 67.4 Å². The highest BCUT2D eigenvalue weighted by Crippen LogP contribution is 2.26. The Balaban J connectivity index is 1.36. The van der Waals surface area contributed by atoms with Crippen LogP contribution in [0.4, 0.5) is 11.6 Å². The number of nitrogens with zero attached hydrogens (tertiary/aromatic N) is 6. The predicted molar refractivity (Wildman–Crippen MR) is 135 cm³/mol. The van der Waals surface area contributed by atoms with Crippen LogP contribution in [0.2, 0.25) is 0 Å². The summed E-state index contributed by atoms with van der Waals surface area (Å²) in [6.45, 7) is 6.19. The SMILES string of the molecule is C/C=C(/Nc1cc2cc(-c3cncn3C)ccc2cn1)c1ccc(N2CCN(C)CC2)nc1. The molecule has 168 valence electrons. The Morgan fingerprint density at radius 3 is 2.45 bits per heavy atom. The molecule has 0 saturated carbocycles. The van der Waals surface area contributed by atoms with E-state index < -0.39 is 0 Å². The minimum absolute atomic E-state index is 0.806. The summed E-state index contributed by atoms with van der Waals surface area (Å²) in [6.07, 6.45) is 9.62. The Hall–Kier alpha value is -3.71. The van der Waals surface area contributed by atoms with Gasteiger partial charge in [0.05, 0.1) is 18.2 Å². The van der Waals surface area contributed by atoms with E-state index in [4.69, 9.17) is 4.98 Å². The van der Waals surface area contributed by atoms with Crippen LogP contribution in [0.25, 0.3) is 27.7 Å². The van der Waals surface area contributed by atoms with Crippen LogP contribution in [0.3, 0.4) is 0 Å². The normalized spacial score (nSPS) is 15.2. The number of allylic oxidation sites excluding steroid dienone is 1. The van der Waals surface area contributed by atoms with Crippen LogP contribution < -0.4 is 10.2 Å². The average Bonchev–Trinajstić information content (AvgIpc) is 3.28. The maximum atomic E-state index is 4.73. The zero-order valence-electron chi connectivity index (χ0n) is 19.4. The molecule has 0 unspecified atom stereocenters. The van der Waals surface area contributed by atoms with E-state index >= 15 is 0 Å². The maximum Gasteiger partial charge on any atom is 0.130 e. The Bertz CT molecular complexity index is 1280. The molecule has 1 aliphatic rings. The minimum Gasteiger partial charge on any atom is -0.354 e. The highest BCUT2D eigenvalue weighted by Gasteiger charge is 2.15. The molecule has 1 saturated heterocycles. The number of anilines is 2. The number of nitrogens with one attached hydrogen (secondary N) is 1. The van der Waals surface area contributed by atoms with Crippen molar-refractivity contribution in [2.75, 3.05) is 43.4 Å². The van der Waals surface area contributed by atoms with Crippen molar-refractivity contribution in [1.29, 1.82) is 0 Å². The van der Waals surface area contributed by atoms with Gasteiger partial charge in [-0.15, -0.1) is 0 Å². The molecule has 3 aromatic heterocycles. The number of hydrogen-bond donors (Lipinski definition) is 1. The summed E-state index contributed by atoms with van der Waals surface area (Å²) in [5.41, 5.74) is 4.25. The van der Waals surface area contributed by atoms with Crippen LogP contribution >= 0.6 is 0 Å². The number of aryl methyl sites for hydroxylation is 1. The smallest absolute Gasteiger partial charge is 0.130 e. The Labute approximate surface area is 194 Å². The fourth-order valence-electron chi connectivity index (χ4n) is 4.22. The molecule has 0 radical (unpaired) electrons. The second-order valence-corrected chi connectivity index (χ2v) is 8.54. The Morgan fingerprint density at radius 2 is 1.76 bits per heavy atom. The van der Waals surface area contributed by atoms with Crippen molar-refractivity contribution in [1.82, 2.24) is 24.4 Å². The summed E-state index contributed by atoms with van der Waals surface area (Å²) in [5, 5.41) is 5.71. The second kappa shape index (κ2) is 9.03. The Kier molecular flexibility index (Phi) is 5.79. The number of likely N-dealkylation sites (N-methyl/N-ethyl adjacent to an activating group) is 1. The summed E-state index contributed by atoms with van der Waals surface area (Å²) in [5.74, 6) is 1.84. The van der Waals surface area contributed by atoms with E-state index in [0.29, 0.717) is 0 Å². The number of fused-ring (bicyclic) bond motifs is 1. The van der Waals surface area contributed by atoms with Gasteiger partial charge < -0.3 is 19.7 Å². The molecule has 0 atom stereocenters. The van der Waals surface area contributed by atoms with Gasteiger partial charge in [-0.05, 0) is 43.6 Å². The first-order valence-electron chi connectivity index (χ1n) is 11.3. The van der Waals surface area contributed by atoms with Crippen LogP contribution in [0.5, 0.6) is 0 Å². The van der Waals surface area contributed by atoms with E-state index in [1.165, 1.54) is 0 Å². The van der Waals surface area contributed by atoms with Gasteiger partial charge in [-0.3, -0.25) is 0 Å². The third kappa shape index (κ3) is 4.45. The summed E-state index contributed by atoms with van der Waals surface area (Å²) in [6, 6.07) is 12.7. The molecule has 0 aliphatic carbocycles. The lowest BCUT2D eigenvalue weighted by atomic mass is 10.1. The molecule has 0 amide bonds. The van der Waals surface area contributed by atoms with Crippen LogP contribution in [-0.2, 0) is 7.05 Å². The molecule has 1 fully saturated rings. The molecule has 1 aliphatic heterocycles. The molecule has 33 heavy (non-hydrogen) atoms. The van der Waals surface area contributed by atoms with Gasteiger partial charge in [-0.1, -0.05) is 18.2 Å². The maximum absolute atomic E-state index is 4.73. The third-order valence-electron chi connectivity index (χ3n) is 6.27. The standard InChI is InChI=1S/C26H29N7/c1-4-23(21-7-8-26(29-16-21)33-11-9-31(2)10-12-33)30-25-14-22-13-19(5-6-20(22)15-28-25)24-17-27-18-32(24)3/h4-8,13-18H,9-12H2,1-3H3,(H,28,30)/b23-4+. The topological polar surface area (TPSA) is 62.1 Å². The van der Waals surface area contributed by atoms with Gasteiger partial charge in [-0.2, -0.15) is 0 Å². The molecule has 1 aromatic carbocycles. The van der Waals surface area contributed by atoms with Crippen LogP contribution in [0.1, 0.15) is 12.5 Å². The number of benzene rings is 1. The molecule has 4 heterocycles. The van der Waals surface area contributed by atoms with Crippen molar-refractivity contribution in [3.05, 3.63) is 73.0 Å². The van der Waals surface area contributed by atoms with E-state index in [9.17, 15) is 0 Å². The molecule has 1 N–H and O–H groups in total. The lowest BCUT2D eigenvalue weighted by Gasteiger charge is -2.33. The highest BCUT2D eigenvalue weighted by molar-refractivity contribution is 5.89. The first kappa shape index (κ1) is 21.2. The first-order valence-corrected chi connectivity index (χ1v) is 11.3. The van der Waals surface area contributed by atoms with Crippen molar-refractivity contribution in [3.63, 3.8) is 0 Å². The van der Waals surface area contributed by atoms with Crippen molar-refractivity contribution in [2.24, 2.45) is 7.05 Å². The van der Waals surface area contributed by atoms with Gasteiger partial charge in [0.15, 0.2) is 0 Å². The molecule has 5 rings (SSSR count). The zero-order valence-corrected chi connectivity index (χ0v) is 19.4. The quantitative estimate of drug-likeness (QED) is 0.502. The summed E-state index contributed by atoms with van der Waals surface area (Å²) in [4.78, 5) is 18.3. The van der Waals surface area contributed by atoms with Gasteiger partial charge in [0.2, 0.25) is 0 Å². The van der Waals surface area contributed by atoms with E-state index in [-0.39, 0.29) is 0 Å². The largest absolute Gasteiger partial charge is 0.354 e. The minimum atomic E-state index is 0.806. The summed E-state index contributed by atoms with van der Waals surface area (Å²) >= 11 is 0. The number of rotatable bonds is 5. The van der Waals surface area contributed by atoms with Crippen LogP contribution in [-0.4, -0.2) is 57.6 Å². The highest BCUT2D eigenvalue weighted by atomic mass is 15.3. The molecule has 0 bridgehead atoms. The van der Waals surface area contributed by atoms with E-state index in [2.05, 4.69) is 74.6 Å². The van der Waals surface area contributed by atoms with E-state index in [0.717, 1.165) is 71.1 Å². The van der Waals surface area contributed by atoms with E-state index in [1.54, 1.807) is 0 Å². The molecular formula is C26H29N7. The van der Waals surface area contributed by atoms with Crippen molar-refractivity contribution < 1.29 is 0 Å².